The van der Waals surface area contributed by atoms with E-state index in [2.05, 4.69) is 0 Å². The van der Waals surface area contributed by atoms with Crippen LogP contribution in [0.2, 0.25) is 0 Å². The summed E-state index contributed by atoms with van der Waals surface area (Å²) < 4.78 is 31.5. The maximum absolute atomic E-state index is 13.3. The van der Waals surface area contributed by atoms with Gasteiger partial charge in [-0.3, -0.25) is 0 Å². The van der Waals surface area contributed by atoms with Crippen molar-refractivity contribution in [1.29, 1.82) is 0 Å². The molecule has 0 saturated heterocycles. The van der Waals surface area contributed by atoms with Crippen LogP contribution in [-0.4, -0.2) is 0 Å². The van der Waals surface area contributed by atoms with Crippen LogP contribution < -0.4 is 5.73 Å². The molecule has 2 aromatic rings. The second-order valence-electron chi connectivity index (χ2n) is 3.62. The number of nitrogens with two attached hydrogens (primary N) is 1. The zero-order chi connectivity index (χ0) is 11.2. The van der Waals surface area contributed by atoms with Gasteiger partial charge in [-0.15, -0.1) is 0 Å². The van der Waals surface area contributed by atoms with Crippen LogP contribution in [-0.2, 0) is 0 Å². The SMILES string of the molecule is Cc1c(C(C)N)oc2c(F)c(F)ccc12. The summed E-state index contributed by atoms with van der Waals surface area (Å²) in [5.41, 5.74) is 6.36. The Balaban J connectivity index is 2.82. The van der Waals surface area contributed by atoms with E-state index in [1.807, 2.05) is 0 Å². The summed E-state index contributed by atoms with van der Waals surface area (Å²) in [5.74, 6) is -1.37. The molecule has 2 nitrogen and oxygen atoms in total. The van der Waals surface area contributed by atoms with Gasteiger partial charge in [-0.2, -0.15) is 4.39 Å². The van der Waals surface area contributed by atoms with Crippen LogP contribution in [0, 0.1) is 18.6 Å². The molecule has 1 aromatic carbocycles. The van der Waals surface area contributed by atoms with Gasteiger partial charge >= 0.3 is 0 Å². The lowest BCUT2D eigenvalue weighted by Gasteiger charge is -2.00. The molecule has 2 N–H and O–H groups in total. The van der Waals surface area contributed by atoms with Crippen molar-refractivity contribution in [3.8, 4) is 0 Å². The van der Waals surface area contributed by atoms with Crippen molar-refractivity contribution in [3.05, 3.63) is 35.1 Å². The molecule has 4 heteroatoms. The minimum absolute atomic E-state index is 0.0557. The van der Waals surface area contributed by atoms with Crippen molar-refractivity contribution >= 4 is 11.0 Å². The lowest BCUT2D eigenvalue weighted by Crippen LogP contribution is -2.04. The zero-order valence-corrected chi connectivity index (χ0v) is 8.47. The highest BCUT2D eigenvalue weighted by molar-refractivity contribution is 5.82. The molecule has 1 heterocycles. The van der Waals surface area contributed by atoms with Crippen LogP contribution in [0.5, 0.6) is 0 Å². The van der Waals surface area contributed by atoms with Crippen LogP contribution in [0.15, 0.2) is 16.5 Å². The fourth-order valence-electron chi connectivity index (χ4n) is 1.68. The Hall–Kier alpha value is -1.42. The first-order chi connectivity index (χ1) is 7.02. The van der Waals surface area contributed by atoms with E-state index < -0.39 is 11.6 Å². The van der Waals surface area contributed by atoms with Gasteiger partial charge in [0.15, 0.2) is 11.4 Å². The predicted octanol–water partition coefficient (Wildman–Crippen LogP) is 3.04. The quantitative estimate of drug-likeness (QED) is 0.787. The summed E-state index contributed by atoms with van der Waals surface area (Å²) >= 11 is 0. The molecule has 0 saturated carbocycles. The standard InChI is InChI=1S/C11H11F2NO/c1-5-7-3-4-8(12)9(13)11(7)15-10(5)6(2)14/h3-4,6H,14H2,1-2H3. The van der Waals surface area contributed by atoms with Gasteiger partial charge in [0.2, 0.25) is 5.82 Å². The smallest absolute Gasteiger partial charge is 0.201 e. The maximum atomic E-state index is 13.3. The molecule has 0 aliphatic heterocycles. The Kier molecular flexibility index (Phi) is 2.23. The Morgan fingerprint density at radius 2 is 2.00 bits per heavy atom. The predicted molar refractivity (Wildman–Crippen MR) is 53.5 cm³/mol. The number of fused-ring (bicyclic) bond motifs is 1. The van der Waals surface area contributed by atoms with Gasteiger partial charge < -0.3 is 10.2 Å². The Morgan fingerprint density at radius 1 is 1.33 bits per heavy atom. The molecular formula is C11H11F2NO. The molecule has 1 aromatic heterocycles. The molecule has 80 valence electrons. The number of aryl methyl sites for hydroxylation is 1. The maximum Gasteiger partial charge on any atom is 0.201 e. The average molecular weight is 211 g/mol. The van der Waals surface area contributed by atoms with Gasteiger partial charge in [0.25, 0.3) is 0 Å². The monoisotopic (exact) mass is 211 g/mol. The van der Waals surface area contributed by atoms with Crippen LogP contribution >= 0.6 is 0 Å². The molecule has 0 aliphatic carbocycles. The highest BCUT2D eigenvalue weighted by Crippen LogP contribution is 2.30. The number of furan rings is 1. The summed E-state index contributed by atoms with van der Waals surface area (Å²) in [7, 11) is 0. The normalized spacial score (nSPS) is 13.4. The van der Waals surface area contributed by atoms with Crippen molar-refractivity contribution in [2.24, 2.45) is 5.73 Å². The van der Waals surface area contributed by atoms with E-state index in [4.69, 9.17) is 10.2 Å². The van der Waals surface area contributed by atoms with Gasteiger partial charge in [0, 0.05) is 10.9 Å². The molecule has 0 bridgehead atoms. The zero-order valence-electron chi connectivity index (χ0n) is 8.47. The largest absolute Gasteiger partial charge is 0.456 e. The molecule has 15 heavy (non-hydrogen) atoms. The molecule has 0 aliphatic rings. The first kappa shape index (κ1) is 10.1. The minimum atomic E-state index is -0.956. The Bertz CT molecular complexity index is 517. The van der Waals surface area contributed by atoms with Crippen LogP contribution in [0.4, 0.5) is 8.78 Å². The third-order valence-corrected chi connectivity index (χ3v) is 2.45. The molecule has 0 amide bonds. The summed E-state index contributed by atoms with van der Waals surface area (Å²) in [4.78, 5) is 0. The van der Waals surface area contributed by atoms with Crippen LogP contribution in [0.1, 0.15) is 24.3 Å². The van der Waals surface area contributed by atoms with E-state index in [1.54, 1.807) is 13.8 Å². The summed E-state index contributed by atoms with van der Waals surface area (Å²) in [6.07, 6.45) is 0. The topological polar surface area (TPSA) is 39.2 Å². The lowest BCUT2D eigenvalue weighted by molar-refractivity contribution is 0.465. The van der Waals surface area contributed by atoms with Crippen molar-refractivity contribution in [3.63, 3.8) is 0 Å². The Labute approximate surface area is 85.7 Å². The second-order valence-corrected chi connectivity index (χ2v) is 3.62. The van der Waals surface area contributed by atoms with Gasteiger partial charge in [-0.1, -0.05) is 0 Å². The molecular weight excluding hydrogens is 200 g/mol. The molecule has 1 atom stereocenters. The Morgan fingerprint density at radius 3 is 2.60 bits per heavy atom. The summed E-state index contributed by atoms with van der Waals surface area (Å²) in [6.45, 7) is 3.51. The lowest BCUT2D eigenvalue weighted by atomic mass is 10.1. The summed E-state index contributed by atoms with van der Waals surface area (Å²) in [5, 5.41) is 0.571. The van der Waals surface area contributed by atoms with Crippen molar-refractivity contribution < 1.29 is 13.2 Å². The fraction of sp³-hybridized carbons (Fsp3) is 0.273. The van der Waals surface area contributed by atoms with E-state index in [1.165, 1.54) is 6.07 Å². The highest BCUT2D eigenvalue weighted by Gasteiger charge is 2.18. The van der Waals surface area contributed by atoms with Crippen molar-refractivity contribution in [2.45, 2.75) is 19.9 Å². The van der Waals surface area contributed by atoms with E-state index >= 15 is 0 Å². The van der Waals surface area contributed by atoms with E-state index in [0.29, 0.717) is 11.1 Å². The third kappa shape index (κ3) is 1.41. The molecule has 0 radical (unpaired) electrons. The van der Waals surface area contributed by atoms with Gasteiger partial charge in [-0.25, -0.2) is 4.39 Å². The third-order valence-electron chi connectivity index (χ3n) is 2.45. The van der Waals surface area contributed by atoms with Gasteiger partial charge in [0.1, 0.15) is 5.76 Å². The summed E-state index contributed by atoms with van der Waals surface area (Å²) in [6, 6.07) is 2.25. The van der Waals surface area contributed by atoms with Gasteiger partial charge in [-0.05, 0) is 26.0 Å². The number of halogens is 2. The van der Waals surface area contributed by atoms with E-state index in [9.17, 15) is 8.78 Å². The number of rotatable bonds is 1. The van der Waals surface area contributed by atoms with Crippen molar-refractivity contribution in [1.82, 2.24) is 0 Å². The second kappa shape index (κ2) is 3.31. The van der Waals surface area contributed by atoms with E-state index in [0.717, 1.165) is 11.6 Å². The minimum Gasteiger partial charge on any atom is -0.456 e. The molecule has 0 spiro atoms. The molecule has 1 unspecified atom stereocenters. The van der Waals surface area contributed by atoms with Crippen LogP contribution in [0.3, 0.4) is 0 Å². The van der Waals surface area contributed by atoms with Gasteiger partial charge in [0.05, 0.1) is 6.04 Å². The highest BCUT2D eigenvalue weighted by atomic mass is 19.2. The molecule has 0 fully saturated rings. The first-order valence-corrected chi connectivity index (χ1v) is 4.65. The number of benzene rings is 1. The number of hydrogen-bond acceptors (Lipinski definition) is 2. The van der Waals surface area contributed by atoms with Crippen molar-refractivity contribution in [2.75, 3.05) is 0 Å². The van der Waals surface area contributed by atoms with E-state index in [-0.39, 0.29) is 11.6 Å². The average Bonchev–Trinajstić information content (AvgIpc) is 2.51. The molecule has 2 rings (SSSR count). The fourth-order valence-corrected chi connectivity index (χ4v) is 1.68. The number of hydrogen-bond donors (Lipinski definition) is 1. The van der Waals surface area contributed by atoms with Crippen LogP contribution in [0.25, 0.3) is 11.0 Å². The first-order valence-electron chi connectivity index (χ1n) is 4.65.